The molecule has 108 valence electrons. The molecule has 1 saturated carbocycles. The first-order valence-corrected chi connectivity index (χ1v) is 8.17. The van der Waals surface area contributed by atoms with E-state index in [0.29, 0.717) is 0 Å². The van der Waals surface area contributed by atoms with E-state index in [1.54, 1.807) is 11.0 Å². The Labute approximate surface area is 120 Å². The van der Waals surface area contributed by atoms with Crippen LogP contribution in [0.4, 0.5) is 0 Å². The van der Waals surface area contributed by atoms with Gasteiger partial charge in [-0.05, 0) is 43.6 Å². The Balaban J connectivity index is 1.95. The highest BCUT2D eigenvalue weighted by molar-refractivity contribution is 5.33. The van der Waals surface area contributed by atoms with Crippen LogP contribution in [-0.4, -0.2) is 18.6 Å². The Kier molecular flexibility index (Phi) is 2.65. The molecule has 1 aromatic rings. The molecule has 2 N–H and O–H groups in total. The van der Waals surface area contributed by atoms with Gasteiger partial charge in [-0.25, -0.2) is 0 Å². The van der Waals surface area contributed by atoms with Crippen LogP contribution < -0.4 is 10.5 Å². The number of nitrogens with one attached hydrogen (secondary N) is 2. The van der Waals surface area contributed by atoms with Crippen molar-refractivity contribution in [1.29, 1.82) is 0 Å². The smallest absolute Gasteiger partial charge is 0.248 e. The summed E-state index contributed by atoms with van der Waals surface area (Å²) >= 11 is 0. The van der Waals surface area contributed by atoms with Gasteiger partial charge >= 0.3 is 0 Å². The highest BCUT2D eigenvalue weighted by Gasteiger charge is 2.59. The van der Waals surface area contributed by atoms with Crippen molar-refractivity contribution >= 4 is 0 Å². The van der Waals surface area contributed by atoms with Crippen molar-refractivity contribution in [3.8, 4) is 0 Å². The zero-order valence-corrected chi connectivity index (χ0v) is 12.5. The number of pyridine rings is 1. The van der Waals surface area contributed by atoms with E-state index in [1.807, 2.05) is 0 Å². The molecule has 0 spiro atoms. The molecule has 2 heterocycles. The van der Waals surface area contributed by atoms with Gasteiger partial charge in [0.05, 0.1) is 13.6 Å². The lowest BCUT2D eigenvalue weighted by Crippen LogP contribution is -3.19. The zero-order valence-electron chi connectivity index (χ0n) is 12.5. The SMILES string of the molecule is C[C@@H]1C[C@H]2Cc3[nH]c(=O)ccc3[C@@]3(C1)[C@@H]2CCC[NH+]3C. The Morgan fingerprint density at radius 2 is 2.25 bits per heavy atom. The molecule has 20 heavy (non-hydrogen) atoms. The summed E-state index contributed by atoms with van der Waals surface area (Å²) in [7, 11) is 2.38. The van der Waals surface area contributed by atoms with Crippen LogP contribution in [0.15, 0.2) is 16.9 Å². The summed E-state index contributed by atoms with van der Waals surface area (Å²) in [4.78, 5) is 16.5. The van der Waals surface area contributed by atoms with Crippen LogP contribution in [0.25, 0.3) is 0 Å². The van der Waals surface area contributed by atoms with Crippen LogP contribution in [0.3, 0.4) is 0 Å². The number of aromatic nitrogens is 1. The van der Waals surface area contributed by atoms with Crippen LogP contribution in [-0.2, 0) is 12.0 Å². The standard InChI is InChI=1S/C17H24N2O/c1-11-8-12-9-15-14(5-6-16(20)18-15)17(10-11)13(12)4-3-7-19(17)2/h5-6,11-13H,3-4,7-10H2,1-2H3,(H,18,20)/p+1/t11-,12+,13-,17-/m1/s1. The number of piperidine rings is 1. The summed E-state index contributed by atoms with van der Waals surface area (Å²) in [6.07, 6.45) is 6.47. The van der Waals surface area contributed by atoms with Crippen molar-refractivity contribution in [1.82, 2.24) is 4.98 Å². The largest absolute Gasteiger partial charge is 0.328 e. The Hall–Kier alpha value is -1.09. The van der Waals surface area contributed by atoms with Crippen molar-refractivity contribution in [2.45, 2.75) is 44.6 Å². The van der Waals surface area contributed by atoms with Crippen molar-refractivity contribution in [3.05, 3.63) is 33.7 Å². The third kappa shape index (κ3) is 1.53. The summed E-state index contributed by atoms with van der Waals surface area (Å²) in [5.41, 5.74) is 3.05. The average molecular weight is 273 g/mol. The third-order valence-electron chi connectivity index (χ3n) is 6.35. The zero-order chi connectivity index (χ0) is 13.9. The van der Waals surface area contributed by atoms with Gasteiger partial charge < -0.3 is 9.88 Å². The predicted molar refractivity (Wildman–Crippen MR) is 78.8 cm³/mol. The van der Waals surface area contributed by atoms with Gasteiger partial charge in [0.2, 0.25) is 5.56 Å². The number of H-pyrrole nitrogens is 1. The van der Waals surface area contributed by atoms with Gasteiger partial charge in [0.1, 0.15) is 5.54 Å². The summed E-state index contributed by atoms with van der Waals surface area (Å²) < 4.78 is 0. The topological polar surface area (TPSA) is 37.3 Å². The first-order chi connectivity index (χ1) is 9.61. The highest BCUT2D eigenvalue weighted by atomic mass is 16.1. The maximum absolute atomic E-state index is 11.7. The van der Waals surface area contributed by atoms with Crippen molar-refractivity contribution in [2.24, 2.45) is 17.8 Å². The van der Waals surface area contributed by atoms with E-state index in [1.165, 1.54) is 43.5 Å². The van der Waals surface area contributed by atoms with Crippen LogP contribution in [0, 0.1) is 17.8 Å². The number of rotatable bonds is 0. The highest BCUT2D eigenvalue weighted by Crippen LogP contribution is 2.52. The lowest BCUT2D eigenvalue weighted by Gasteiger charge is -2.57. The summed E-state index contributed by atoms with van der Waals surface area (Å²) in [6, 6.07) is 3.89. The summed E-state index contributed by atoms with van der Waals surface area (Å²) in [5.74, 6) is 2.41. The second-order valence-corrected chi connectivity index (χ2v) is 7.47. The minimum absolute atomic E-state index is 0.0678. The molecule has 3 heteroatoms. The normalized spacial score (nSPS) is 42.7. The quantitative estimate of drug-likeness (QED) is 0.730. The fraction of sp³-hybridized carbons (Fsp3) is 0.706. The van der Waals surface area contributed by atoms with Gasteiger partial charge in [-0.3, -0.25) is 4.79 Å². The van der Waals surface area contributed by atoms with Gasteiger partial charge in [-0.1, -0.05) is 6.92 Å². The Bertz CT molecular complexity index is 593. The fourth-order valence-electron chi connectivity index (χ4n) is 5.77. The van der Waals surface area contributed by atoms with Crippen LogP contribution in [0.2, 0.25) is 0 Å². The van der Waals surface area contributed by atoms with E-state index in [2.05, 4.69) is 25.0 Å². The molecule has 1 aliphatic heterocycles. The predicted octanol–water partition coefficient (Wildman–Crippen LogP) is 1.10. The van der Waals surface area contributed by atoms with E-state index >= 15 is 0 Å². The molecule has 0 amide bonds. The molecule has 1 saturated heterocycles. The third-order valence-corrected chi connectivity index (χ3v) is 6.35. The van der Waals surface area contributed by atoms with Gasteiger partial charge in [0.25, 0.3) is 0 Å². The van der Waals surface area contributed by atoms with E-state index in [4.69, 9.17) is 0 Å². The molecule has 2 bridgehead atoms. The van der Waals surface area contributed by atoms with E-state index < -0.39 is 0 Å². The van der Waals surface area contributed by atoms with Gasteiger partial charge in [-0.15, -0.1) is 0 Å². The molecule has 3 nitrogen and oxygen atoms in total. The lowest BCUT2D eigenvalue weighted by atomic mass is 9.53. The molecule has 5 atom stereocenters. The second kappa shape index (κ2) is 4.20. The molecule has 2 fully saturated rings. The van der Waals surface area contributed by atoms with Crippen LogP contribution >= 0.6 is 0 Å². The minimum Gasteiger partial charge on any atom is -0.328 e. The summed E-state index contributed by atoms with van der Waals surface area (Å²) in [6.45, 7) is 3.69. The van der Waals surface area contributed by atoms with Crippen molar-refractivity contribution in [2.75, 3.05) is 13.6 Å². The van der Waals surface area contributed by atoms with Crippen LogP contribution in [0.5, 0.6) is 0 Å². The van der Waals surface area contributed by atoms with Crippen molar-refractivity contribution < 1.29 is 4.90 Å². The number of quaternary nitrogens is 1. The maximum atomic E-state index is 11.7. The number of fused-ring (bicyclic) bond motifs is 1. The molecular weight excluding hydrogens is 248 g/mol. The Morgan fingerprint density at radius 1 is 1.40 bits per heavy atom. The second-order valence-electron chi connectivity index (χ2n) is 7.47. The molecule has 0 radical (unpaired) electrons. The lowest BCUT2D eigenvalue weighted by molar-refractivity contribution is -0.958. The fourth-order valence-corrected chi connectivity index (χ4v) is 5.77. The van der Waals surface area contributed by atoms with Crippen LogP contribution in [0.1, 0.15) is 43.9 Å². The number of aromatic amines is 1. The first kappa shape index (κ1) is 12.6. The maximum Gasteiger partial charge on any atom is 0.248 e. The monoisotopic (exact) mass is 273 g/mol. The Morgan fingerprint density at radius 3 is 3.10 bits per heavy atom. The molecule has 1 aromatic heterocycles. The number of hydrogen-bond acceptors (Lipinski definition) is 1. The van der Waals surface area contributed by atoms with E-state index in [0.717, 1.165) is 24.2 Å². The van der Waals surface area contributed by atoms with Gasteiger partial charge in [-0.2, -0.15) is 0 Å². The van der Waals surface area contributed by atoms with Gasteiger partial charge in [0, 0.05) is 29.7 Å². The minimum atomic E-state index is 0.0678. The summed E-state index contributed by atoms with van der Waals surface area (Å²) in [5, 5.41) is 0. The molecule has 1 unspecified atom stereocenters. The van der Waals surface area contributed by atoms with E-state index in [9.17, 15) is 4.79 Å². The molecule has 4 rings (SSSR count). The van der Waals surface area contributed by atoms with Crippen molar-refractivity contribution in [3.63, 3.8) is 0 Å². The number of hydrogen-bond donors (Lipinski definition) is 2. The average Bonchev–Trinajstić information content (AvgIpc) is 2.39. The van der Waals surface area contributed by atoms with Gasteiger partial charge in [0.15, 0.2) is 0 Å². The first-order valence-electron chi connectivity index (χ1n) is 8.17. The molecular formula is C17H25N2O+. The number of likely N-dealkylation sites (tertiary alicyclic amines) is 1. The molecule has 0 aromatic carbocycles. The molecule has 3 aliphatic rings. The molecule has 2 aliphatic carbocycles. The van der Waals surface area contributed by atoms with E-state index in [-0.39, 0.29) is 11.1 Å².